The largest absolute Gasteiger partial charge is 0.392 e. The van der Waals surface area contributed by atoms with Gasteiger partial charge in [-0.1, -0.05) is 33.6 Å². The Bertz CT molecular complexity index is 183. The summed E-state index contributed by atoms with van der Waals surface area (Å²) in [5, 5.41) is 12.8. The lowest BCUT2D eigenvalue weighted by molar-refractivity contribution is 0.114. The molecule has 0 bridgehead atoms. The summed E-state index contributed by atoms with van der Waals surface area (Å²) in [7, 11) is 0. The molecule has 0 aromatic heterocycles. The van der Waals surface area contributed by atoms with Crippen LogP contribution in [0.2, 0.25) is 0 Å². The third-order valence-corrected chi connectivity index (χ3v) is 3.55. The average molecular weight is 213 g/mol. The van der Waals surface area contributed by atoms with E-state index in [1.807, 2.05) is 6.92 Å². The highest BCUT2D eigenvalue weighted by molar-refractivity contribution is 4.88. The third kappa shape index (κ3) is 4.12. The first-order chi connectivity index (χ1) is 6.91. The molecule has 1 saturated carbocycles. The summed E-state index contributed by atoms with van der Waals surface area (Å²) >= 11 is 0. The fourth-order valence-electron chi connectivity index (χ4n) is 2.73. The minimum Gasteiger partial charge on any atom is -0.392 e. The average Bonchev–Trinajstić information content (AvgIpc) is 2.13. The third-order valence-electron chi connectivity index (χ3n) is 3.55. The lowest BCUT2D eigenvalue weighted by atomic mass is 9.69. The van der Waals surface area contributed by atoms with Gasteiger partial charge in [-0.3, -0.25) is 0 Å². The van der Waals surface area contributed by atoms with Crippen LogP contribution in [-0.2, 0) is 0 Å². The Balaban J connectivity index is 2.50. The van der Waals surface area contributed by atoms with Gasteiger partial charge >= 0.3 is 0 Å². The second-order valence-corrected chi connectivity index (χ2v) is 6.12. The van der Waals surface area contributed by atoms with Crippen LogP contribution in [-0.4, -0.2) is 23.8 Å². The predicted molar refractivity (Wildman–Crippen MR) is 64.9 cm³/mol. The molecule has 1 aliphatic carbocycles. The smallest absolute Gasteiger partial charge is 0.0636 e. The van der Waals surface area contributed by atoms with Gasteiger partial charge in [-0.2, -0.15) is 0 Å². The lowest BCUT2D eigenvalue weighted by Gasteiger charge is -2.41. The topological polar surface area (TPSA) is 32.3 Å². The second-order valence-electron chi connectivity index (χ2n) is 6.12. The zero-order valence-corrected chi connectivity index (χ0v) is 10.7. The molecule has 1 fully saturated rings. The summed E-state index contributed by atoms with van der Waals surface area (Å²) in [6.07, 6.45) is 5.08. The van der Waals surface area contributed by atoms with Crippen molar-refractivity contribution in [1.29, 1.82) is 0 Å². The Morgan fingerprint density at radius 2 is 1.87 bits per heavy atom. The van der Waals surface area contributed by atoms with E-state index in [9.17, 15) is 5.11 Å². The van der Waals surface area contributed by atoms with Gasteiger partial charge in [-0.05, 0) is 31.1 Å². The molecular formula is C13H27NO. The summed E-state index contributed by atoms with van der Waals surface area (Å²) in [5.41, 5.74) is 0.386. The molecule has 2 nitrogen and oxygen atoms in total. The fraction of sp³-hybridized carbons (Fsp3) is 1.00. The van der Waals surface area contributed by atoms with Crippen LogP contribution in [0.25, 0.3) is 0 Å². The molecular weight excluding hydrogens is 186 g/mol. The number of nitrogens with one attached hydrogen (secondary N) is 1. The summed E-state index contributed by atoms with van der Waals surface area (Å²) in [5.74, 6) is 0.755. The van der Waals surface area contributed by atoms with Gasteiger partial charge in [0.05, 0.1) is 6.10 Å². The monoisotopic (exact) mass is 213 g/mol. The molecule has 0 aromatic carbocycles. The minimum atomic E-state index is -0.229. The van der Waals surface area contributed by atoms with Crippen molar-refractivity contribution in [1.82, 2.24) is 5.32 Å². The van der Waals surface area contributed by atoms with Crippen molar-refractivity contribution in [3.8, 4) is 0 Å². The van der Waals surface area contributed by atoms with Gasteiger partial charge in [-0.15, -0.1) is 0 Å². The zero-order valence-electron chi connectivity index (χ0n) is 10.7. The molecule has 1 aliphatic rings. The summed E-state index contributed by atoms with van der Waals surface area (Å²) in [6, 6.07) is 0.605. The standard InChI is InChI=1S/C13H27NO/c1-10(15)9-14-12-8-6-5-7-11(12)13(2,3)4/h10-12,14-15H,5-9H2,1-4H3. The van der Waals surface area contributed by atoms with Gasteiger partial charge in [-0.25, -0.2) is 0 Å². The molecule has 90 valence electrons. The van der Waals surface area contributed by atoms with Crippen molar-refractivity contribution in [3.63, 3.8) is 0 Å². The highest BCUT2D eigenvalue weighted by Crippen LogP contribution is 2.37. The second kappa shape index (κ2) is 5.31. The van der Waals surface area contributed by atoms with Crippen molar-refractivity contribution in [3.05, 3.63) is 0 Å². The highest BCUT2D eigenvalue weighted by Gasteiger charge is 2.33. The van der Waals surface area contributed by atoms with Crippen LogP contribution in [0.5, 0.6) is 0 Å². The van der Waals surface area contributed by atoms with Crippen LogP contribution in [0.15, 0.2) is 0 Å². The van der Waals surface area contributed by atoms with Gasteiger partial charge in [0.2, 0.25) is 0 Å². The van der Waals surface area contributed by atoms with E-state index in [4.69, 9.17) is 0 Å². The molecule has 0 saturated heterocycles. The molecule has 0 heterocycles. The Morgan fingerprint density at radius 3 is 2.40 bits per heavy atom. The normalized spacial score (nSPS) is 30.2. The first kappa shape index (κ1) is 13.0. The Labute approximate surface area is 94.5 Å². The highest BCUT2D eigenvalue weighted by atomic mass is 16.3. The number of rotatable bonds is 3. The maximum atomic E-state index is 9.31. The van der Waals surface area contributed by atoms with E-state index in [2.05, 4.69) is 26.1 Å². The van der Waals surface area contributed by atoms with E-state index in [1.165, 1.54) is 25.7 Å². The van der Waals surface area contributed by atoms with Crippen molar-refractivity contribution in [2.24, 2.45) is 11.3 Å². The Hall–Kier alpha value is -0.0800. The van der Waals surface area contributed by atoms with E-state index >= 15 is 0 Å². The molecule has 0 amide bonds. The molecule has 1 rings (SSSR count). The number of hydrogen-bond acceptors (Lipinski definition) is 2. The molecule has 0 radical (unpaired) electrons. The number of aliphatic hydroxyl groups excluding tert-OH is 1. The van der Waals surface area contributed by atoms with E-state index in [0.717, 1.165) is 12.5 Å². The maximum Gasteiger partial charge on any atom is 0.0636 e. The Kier molecular flexibility index (Phi) is 4.60. The van der Waals surface area contributed by atoms with Crippen LogP contribution in [0.3, 0.4) is 0 Å². The van der Waals surface area contributed by atoms with Gasteiger partial charge in [0.1, 0.15) is 0 Å². The molecule has 0 aliphatic heterocycles. The van der Waals surface area contributed by atoms with Gasteiger partial charge in [0.25, 0.3) is 0 Å². The van der Waals surface area contributed by atoms with Crippen LogP contribution in [0.4, 0.5) is 0 Å². The van der Waals surface area contributed by atoms with E-state index in [0.29, 0.717) is 11.5 Å². The Morgan fingerprint density at radius 1 is 1.27 bits per heavy atom. The molecule has 3 unspecified atom stereocenters. The van der Waals surface area contributed by atoms with Gasteiger partial charge in [0, 0.05) is 12.6 Å². The number of aliphatic hydroxyl groups is 1. The van der Waals surface area contributed by atoms with Gasteiger partial charge < -0.3 is 10.4 Å². The summed E-state index contributed by atoms with van der Waals surface area (Å²) < 4.78 is 0. The molecule has 0 aromatic rings. The molecule has 0 spiro atoms. The van der Waals surface area contributed by atoms with Crippen molar-refractivity contribution < 1.29 is 5.11 Å². The fourth-order valence-corrected chi connectivity index (χ4v) is 2.73. The van der Waals surface area contributed by atoms with Crippen LogP contribution < -0.4 is 5.32 Å². The first-order valence-corrected chi connectivity index (χ1v) is 6.32. The number of hydrogen-bond donors (Lipinski definition) is 2. The molecule has 3 atom stereocenters. The maximum absolute atomic E-state index is 9.31. The summed E-state index contributed by atoms with van der Waals surface area (Å²) in [4.78, 5) is 0. The van der Waals surface area contributed by atoms with Crippen molar-refractivity contribution >= 4 is 0 Å². The van der Waals surface area contributed by atoms with Crippen molar-refractivity contribution in [2.75, 3.05) is 6.54 Å². The SMILES string of the molecule is CC(O)CNC1CCCCC1C(C)(C)C. The van der Waals surface area contributed by atoms with Crippen LogP contribution in [0.1, 0.15) is 53.4 Å². The van der Waals surface area contributed by atoms with Gasteiger partial charge in [0.15, 0.2) is 0 Å². The van der Waals surface area contributed by atoms with Crippen LogP contribution >= 0.6 is 0 Å². The lowest BCUT2D eigenvalue weighted by Crippen LogP contribution is -2.46. The minimum absolute atomic E-state index is 0.229. The van der Waals surface area contributed by atoms with Crippen LogP contribution in [0, 0.1) is 11.3 Å². The van der Waals surface area contributed by atoms with E-state index in [1.54, 1.807) is 0 Å². The van der Waals surface area contributed by atoms with E-state index in [-0.39, 0.29) is 6.10 Å². The zero-order chi connectivity index (χ0) is 11.5. The van der Waals surface area contributed by atoms with E-state index < -0.39 is 0 Å². The summed E-state index contributed by atoms with van der Waals surface area (Å²) in [6.45, 7) is 9.58. The predicted octanol–water partition coefficient (Wildman–Crippen LogP) is 2.56. The van der Waals surface area contributed by atoms with Crippen molar-refractivity contribution in [2.45, 2.75) is 65.5 Å². The molecule has 15 heavy (non-hydrogen) atoms. The molecule has 2 N–H and O–H groups in total. The first-order valence-electron chi connectivity index (χ1n) is 6.32. The quantitative estimate of drug-likeness (QED) is 0.755. The molecule has 2 heteroatoms.